The first-order valence-corrected chi connectivity index (χ1v) is 8.98. The van der Waals surface area contributed by atoms with Gasteiger partial charge in [-0.1, -0.05) is 0 Å². The molecule has 1 fully saturated rings. The van der Waals surface area contributed by atoms with Crippen molar-refractivity contribution in [3.8, 4) is 0 Å². The van der Waals surface area contributed by atoms with Crippen LogP contribution >= 0.6 is 0 Å². The van der Waals surface area contributed by atoms with Crippen molar-refractivity contribution >= 4 is 12.0 Å². The highest BCUT2D eigenvalue weighted by molar-refractivity contribution is 5.76. The van der Waals surface area contributed by atoms with E-state index in [1.165, 1.54) is 0 Å². The molecule has 0 aromatic carbocycles. The summed E-state index contributed by atoms with van der Waals surface area (Å²) >= 11 is 0. The number of carbonyl (C=O) groups excluding carboxylic acids is 2. The maximum atomic E-state index is 12.1. The van der Waals surface area contributed by atoms with Crippen molar-refractivity contribution in [2.24, 2.45) is 0 Å². The molecule has 0 spiro atoms. The molecule has 1 aliphatic rings. The van der Waals surface area contributed by atoms with Crippen molar-refractivity contribution in [3.63, 3.8) is 0 Å². The normalized spacial score (nSPS) is 19.6. The summed E-state index contributed by atoms with van der Waals surface area (Å²) in [6, 6.07) is 0.347. The molecular formula is C18H35N3O3. The SMILES string of the molecule is CC(C)(C)NC(=O)CCNC1CCCN(C(=O)OC(C)(C)C)CC1. The van der Waals surface area contributed by atoms with Gasteiger partial charge in [-0.05, 0) is 60.8 Å². The van der Waals surface area contributed by atoms with E-state index in [1.54, 1.807) is 4.90 Å². The van der Waals surface area contributed by atoms with E-state index in [1.807, 2.05) is 41.5 Å². The Morgan fingerprint density at radius 1 is 1.08 bits per heavy atom. The van der Waals surface area contributed by atoms with E-state index < -0.39 is 5.60 Å². The second-order valence-electron chi connectivity index (χ2n) is 8.60. The van der Waals surface area contributed by atoms with Crippen molar-refractivity contribution in [1.82, 2.24) is 15.5 Å². The van der Waals surface area contributed by atoms with E-state index in [9.17, 15) is 9.59 Å². The number of hydrogen-bond donors (Lipinski definition) is 2. The fourth-order valence-corrected chi connectivity index (χ4v) is 2.68. The Bertz CT molecular complexity index is 424. The van der Waals surface area contributed by atoms with Gasteiger partial charge in [-0.2, -0.15) is 0 Å². The van der Waals surface area contributed by atoms with Gasteiger partial charge >= 0.3 is 6.09 Å². The van der Waals surface area contributed by atoms with Crippen LogP contribution in [0.3, 0.4) is 0 Å². The molecule has 1 atom stereocenters. The molecule has 1 heterocycles. The molecule has 0 saturated carbocycles. The van der Waals surface area contributed by atoms with Gasteiger partial charge in [0.25, 0.3) is 0 Å². The van der Waals surface area contributed by atoms with E-state index >= 15 is 0 Å². The molecule has 140 valence electrons. The highest BCUT2D eigenvalue weighted by Crippen LogP contribution is 2.15. The fraction of sp³-hybridized carbons (Fsp3) is 0.889. The molecule has 6 heteroatoms. The smallest absolute Gasteiger partial charge is 0.410 e. The van der Waals surface area contributed by atoms with Crippen LogP contribution in [-0.2, 0) is 9.53 Å². The first-order valence-electron chi connectivity index (χ1n) is 8.98. The fourth-order valence-electron chi connectivity index (χ4n) is 2.68. The Kier molecular flexibility index (Phi) is 7.52. The number of nitrogens with zero attached hydrogens (tertiary/aromatic N) is 1. The van der Waals surface area contributed by atoms with Crippen LogP contribution in [0.25, 0.3) is 0 Å². The molecule has 1 saturated heterocycles. The predicted octanol–water partition coefficient (Wildman–Crippen LogP) is 2.67. The number of nitrogens with one attached hydrogen (secondary N) is 2. The summed E-state index contributed by atoms with van der Waals surface area (Å²) in [6.07, 6.45) is 3.10. The van der Waals surface area contributed by atoms with Crippen LogP contribution in [-0.4, -0.2) is 53.7 Å². The first-order chi connectivity index (χ1) is 11.0. The van der Waals surface area contributed by atoms with E-state index in [0.717, 1.165) is 25.8 Å². The monoisotopic (exact) mass is 341 g/mol. The lowest BCUT2D eigenvalue weighted by Gasteiger charge is -2.26. The predicted molar refractivity (Wildman–Crippen MR) is 96.0 cm³/mol. The van der Waals surface area contributed by atoms with Gasteiger partial charge in [-0.15, -0.1) is 0 Å². The second-order valence-corrected chi connectivity index (χ2v) is 8.60. The molecular weight excluding hydrogens is 306 g/mol. The summed E-state index contributed by atoms with van der Waals surface area (Å²) in [4.78, 5) is 25.8. The van der Waals surface area contributed by atoms with Crippen LogP contribution in [0.15, 0.2) is 0 Å². The van der Waals surface area contributed by atoms with E-state index in [2.05, 4.69) is 10.6 Å². The molecule has 1 unspecified atom stereocenters. The third-order valence-electron chi connectivity index (χ3n) is 3.68. The van der Waals surface area contributed by atoms with Crippen LogP contribution in [0, 0.1) is 0 Å². The zero-order valence-corrected chi connectivity index (χ0v) is 16.2. The van der Waals surface area contributed by atoms with Crippen LogP contribution < -0.4 is 10.6 Å². The lowest BCUT2D eigenvalue weighted by molar-refractivity contribution is -0.122. The van der Waals surface area contributed by atoms with Crippen LogP contribution in [0.1, 0.15) is 67.2 Å². The van der Waals surface area contributed by atoms with Gasteiger partial charge in [0.1, 0.15) is 5.60 Å². The number of carbonyl (C=O) groups is 2. The molecule has 1 rings (SSSR count). The van der Waals surface area contributed by atoms with Gasteiger partial charge in [0.05, 0.1) is 0 Å². The van der Waals surface area contributed by atoms with Gasteiger partial charge in [0.2, 0.25) is 5.91 Å². The number of hydrogen-bond acceptors (Lipinski definition) is 4. The van der Waals surface area contributed by atoms with E-state index in [0.29, 0.717) is 25.6 Å². The Balaban J connectivity index is 2.31. The third-order valence-corrected chi connectivity index (χ3v) is 3.68. The summed E-state index contributed by atoms with van der Waals surface area (Å²) in [7, 11) is 0. The number of amides is 2. The molecule has 1 aliphatic heterocycles. The minimum Gasteiger partial charge on any atom is -0.444 e. The Morgan fingerprint density at radius 3 is 2.33 bits per heavy atom. The molecule has 0 bridgehead atoms. The minimum atomic E-state index is -0.457. The van der Waals surface area contributed by atoms with Gasteiger partial charge < -0.3 is 20.3 Å². The first kappa shape index (κ1) is 20.7. The van der Waals surface area contributed by atoms with Crippen LogP contribution in [0.2, 0.25) is 0 Å². The average molecular weight is 341 g/mol. The highest BCUT2D eigenvalue weighted by atomic mass is 16.6. The van der Waals surface area contributed by atoms with E-state index in [4.69, 9.17) is 4.74 Å². The van der Waals surface area contributed by atoms with E-state index in [-0.39, 0.29) is 17.5 Å². The van der Waals surface area contributed by atoms with Gasteiger partial charge in [0.15, 0.2) is 0 Å². The molecule has 6 nitrogen and oxygen atoms in total. The van der Waals surface area contributed by atoms with Gasteiger partial charge in [-0.3, -0.25) is 4.79 Å². The summed E-state index contributed by atoms with van der Waals surface area (Å²) in [6.45, 7) is 13.7. The summed E-state index contributed by atoms with van der Waals surface area (Å²) in [5, 5.41) is 6.41. The molecule has 0 aromatic heterocycles. The maximum absolute atomic E-state index is 12.1. The number of likely N-dealkylation sites (tertiary alicyclic amines) is 1. The molecule has 0 aliphatic carbocycles. The Labute approximate surface area is 146 Å². The lowest BCUT2D eigenvalue weighted by atomic mass is 10.1. The lowest BCUT2D eigenvalue weighted by Crippen LogP contribution is -2.42. The molecule has 2 N–H and O–H groups in total. The Morgan fingerprint density at radius 2 is 1.75 bits per heavy atom. The summed E-state index contributed by atoms with van der Waals surface area (Å²) in [5.74, 6) is 0.0685. The Hall–Kier alpha value is -1.30. The molecule has 2 amide bonds. The maximum Gasteiger partial charge on any atom is 0.410 e. The zero-order valence-electron chi connectivity index (χ0n) is 16.2. The average Bonchev–Trinajstić information content (AvgIpc) is 2.60. The zero-order chi connectivity index (χ0) is 18.4. The summed E-state index contributed by atoms with van der Waals surface area (Å²) < 4.78 is 5.44. The second kappa shape index (κ2) is 8.70. The van der Waals surface area contributed by atoms with Gasteiger partial charge in [0, 0.05) is 37.6 Å². The number of ether oxygens (including phenoxy) is 1. The van der Waals surface area contributed by atoms with Crippen molar-refractivity contribution in [1.29, 1.82) is 0 Å². The topological polar surface area (TPSA) is 70.7 Å². The van der Waals surface area contributed by atoms with Crippen LogP contribution in [0.5, 0.6) is 0 Å². The van der Waals surface area contributed by atoms with Crippen molar-refractivity contribution in [2.45, 2.75) is 84.4 Å². The highest BCUT2D eigenvalue weighted by Gasteiger charge is 2.25. The van der Waals surface area contributed by atoms with Crippen LogP contribution in [0.4, 0.5) is 4.79 Å². The third kappa shape index (κ3) is 9.11. The molecule has 0 radical (unpaired) electrons. The van der Waals surface area contributed by atoms with Crippen molar-refractivity contribution < 1.29 is 14.3 Å². The number of rotatable bonds is 4. The molecule has 24 heavy (non-hydrogen) atoms. The minimum absolute atomic E-state index is 0.0685. The van der Waals surface area contributed by atoms with Gasteiger partial charge in [-0.25, -0.2) is 4.79 Å². The van der Waals surface area contributed by atoms with Crippen molar-refractivity contribution in [2.75, 3.05) is 19.6 Å². The summed E-state index contributed by atoms with van der Waals surface area (Å²) in [5.41, 5.74) is -0.644. The largest absolute Gasteiger partial charge is 0.444 e. The van der Waals surface area contributed by atoms with Crippen molar-refractivity contribution in [3.05, 3.63) is 0 Å². The quantitative estimate of drug-likeness (QED) is 0.825. The standard InChI is InChI=1S/C18H35N3O3/c1-17(2,3)20-15(22)9-11-19-14-8-7-12-21(13-10-14)16(23)24-18(4,5)6/h14,19H,7-13H2,1-6H3,(H,20,22). The molecule has 0 aromatic rings.